The highest BCUT2D eigenvalue weighted by molar-refractivity contribution is 5.79. The van der Waals surface area contributed by atoms with Crippen molar-refractivity contribution in [3.8, 4) is 0 Å². The van der Waals surface area contributed by atoms with Crippen molar-refractivity contribution in [1.82, 2.24) is 0 Å². The fourth-order valence-electron chi connectivity index (χ4n) is 1.98. The molecule has 1 aliphatic carbocycles. The zero-order valence-corrected chi connectivity index (χ0v) is 9.56. The Hall–Kier alpha value is -1.15. The molecule has 0 aromatic heterocycles. The fraction of sp³-hybridized carbons (Fsp3) is 0.500. The van der Waals surface area contributed by atoms with Crippen LogP contribution in [0.1, 0.15) is 31.2 Å². The van der Waals surface area contributed by atoms with Crippen LogP contribution in [0.15, 0.2) is 30.3 Å². The molecule has 2 N–H and O–H groups in total. The van der Waals surface area contributed by atoms with E-state index in [9.17, 15) is 4.79 Å². The van der Waals surface area contributed by atoms with E-state index in [4.69, 9.17) is 5.73 Å². The third-order valence-electron chi connectivity index (χ3n) is 3.23. The Kier molecular flexibility index (Phi) is 3.73. The fourth-order valence-corrected chi connectivity index (χ4v) is 1.98. The molecule has 16 heavy (non-hydrogen) atoms. The van der Waals surface area contributed by atoms with Gasteiger partial charge < -0.3 is 5.73 Å². The molecule has 1 atom stereocenters. The molecule has 2 rings (SSSR count). The van der Waals surface area contributed by atoms with Crippen molar-refractivity contribution in [3.05, 3.63) is 35.9 Å². The largest absolute Gasteiger partial charge is 0.327 e. The van der Waals surface area contributed by atoms with Crippen LogP contribution in [0.4, 0.5) is 0 Å². The number of Topliss-reactive ketones (excluding diaryl/α,β-unsaturated/α-hetero) is 1. The summed E-state index contributed by atoms with van der Waals surface area (Å²) in [4.78, 5) is 11.7. The van der Waals surface area contributed by atoms with Crippen molar-refractivity contribution in [2.45, 2.75) is 38.1 Å². The second-order valence-electron chi connectivity index (χ2n) is 4.73. The molecule has 0 aliphatic heterocycles. The van der Waals surface area contributed by atoms with Gasteiger partial charge in [-0.2, -0.15) is 0 Å². The van der Waals surface area contributed by atoms with Crippen LogP contribution in [0.2, 0.25) is 0 Å². The minimum atomic E-state index is 0.114. The maximum atomic E-state index is 11.7. The van der Waals surface area contributed by atoms with Crippen LogP contribution in [0, 0.1) is 5.92 Å². The van der Waals surface area contributed by atoms with E-state index < -0.39 is 0 Å². The number of rotatable bonds is 6. The third kappa shape index (κ3) is 3.46. The normalized spacial score (nSPS) is 17.1. The van der Waals surface area contributed by atoms with Crippen molar-refractivity contribution in [1.29, 1.82) is 0 Å². The summed E-state index contributed by atoms with van der Waals surface area (Å²) < 4.78 is 0. The molecule has 0 amide bonds. The van der Waals surface area contributed by atoms with E-state index in [0.717, 1.165) is 6.42 Å². The number of hydrogen-bond donors (Lipinski definition) is 1. The van der Waals surface area contributed by atoms with Gasteiger partial charge in [-0.05, 0) is 30.7 Å². The van der Waals surface area contributed by atoms with Crippen molar-refractivity contribution in [2.75, 3.05) is 0 Å². The zero-order valence-electron chi connectivity index (χ0n) is 9.56. The van der Waals surface area contributed by atoms with Crippen molar-refractivity contribution >= 4 is 5.78 Å². The van der Waals surface area contributed by atoms with E-state index in [1.165, 1.54) is 18.4 Å². The molecule has 0 radical (unpaired) electrons. The molecular formula is C14H19NO. The number of carbonyl (C=O) groups excluding carboxylic acids is 1. The van der Waals surface area contributed by atoms with Gasteiger partial charge in [-0.3, -0.25) is 4.79 Å². The highest BCUT2D eigenvalue weighted by Crippen LogP contribution is 2.32. The first-order valence-electron chi connectivity index (χ1n) is 6.07. The average Bonchev–Trinajstić information content (AvgIpc) is 3.11. The van der Waals surface area contributed by atoms with Crippen LogP contribution in [0.3, 0.4) is 0 Å². The maximum absolute atomic E-state index is 11.7. The number of benzene rings is 1. The summed E-state index contributed by atoms with van der Waals surface area (Å²) >= 11 is 0. The molecule has 0 heterocycles. The van der Waals surface area contributed by atoms with E-state index in [0.29, 0.717) is 24.5 Å². The molecule has 0 saturated heterocycles. The molecule has 1 saturated carbocycles. The molecule has 0 spiro atoms. The Morgan fingerprint density at radius 2 is 2.00 bits per heavy atom. The summed E-state index contributed by atoms with van der Waals surface area (Å²) in [5.41, 5.74) is 7.16. The van der Waals surface area contributed by atoms with Crippen LogP contribution in [-0.4, -0.2) is 11.8 Å². The second-order valence-corrected chi connectivity index (χ2v) is 4.73. The predicted octanol–water partition coefficient (Wildman–Crippen LogP) is 2.32. The first kappa shape index (κ1) is 11.3. The first-order valence-corrected chi connectivity index (χ1v) is 6.07. The van der Waals surface area contributed by atoms with E-state index in [-0.39, 0.29) is 6.04 Å². The molecule has 0 bridgehead atoms. The Labute approximate surface area is 96.8 Å². The van der Waals surface area contributed by atoms with Gasteiger partial charge in [0.15, 0.2) is 0 Å². The second kappa shape index (κ2) is 5.26. The highest BCUT2D eigenvalue weighted by Gasteiger charge is 2.29. The van der Waals surface area contributed by atoms with Gasteiger partial charge in [0.2, 0.25) is 0 Å². The van der Waals surface area contributed by atoms with Gasteiger partial charge in [0.1, 0.15) is 5.78 Å². The van der Waals surface area contributed by atoms with E-state index in [1.807, 2.05) is 18.2 Å². The Morgan fingerprint density at radius 3 is 2.62 bits per heavy atom. The SMILES string of the molecule is NC(CC(=O)CCc1ccccc1)C1CC1. The highest BCUT2D eigenvalue weighted by atomic mass is 16.1. The van der Waals surface area contributed by atoms with Gasteiger partial charge in [-0.1, -0.05) is 30.3 Å². The van der Waals surface area contributed by atoms with Gasteiger partial charge in [0, 0.05) is 18.9 Å². The van der Waals surface area contributed by atoms with Crippen LogP contribution < -0.4 is 5.73 Å². The lowest BCUT2D eigenvalue weighted by Crippen LogP contribution is -2.26. The third-order valence-corrected chi connectivity index (χ3v) is 3.23. The molecule has 1 aromatic carbocycles. The molecule has 2 heteroatoms. The summed E-state index contributed by atoms with van der Waals surface area (Å²) in [5, 5.41) is 0. The minimum Gasteiger partial charge on any atom is -0.327 e. The molecule has 86 valence electrons. The Bertz CT molecular complexity index is 343. The minimum absolute atomic E-state index is 0.114. The molecule has 1 aliphatic rings. The molecular weight excluding hydrogens is 198 g/mol. The topological polar surface area (TPSA) is 43.1 Å². The maximum Gasteiger partial charge on any atom is 0.134 e. The summed E-state index contributed by atoms with van der Waals surface area (Å²) in [7, 11) is 0. The van der Waals surface area contributed by atoms with Gasteiger partial charge >= 0.3 is 0 Å². The monoisotopic (exact) mass is 217 g/mol. The molecule has 1 unspecified atom stereocenters. The molecule has 1 aromatic rings. The lowest BCUT2D eigenvalue weighted by atomic mass is 10.0. The van der Waals surface area contributed by atoms with E-state index in [1.54, 1.807) is 0 Å². The van der Waals surface area contributed by atoms with Crippen LogP contribution in [0.25, 0.3) is 0 Å². The van der Waals surface area contributed by atoms with Gasteiger partial charge in [0.05, 0.1) is 0 Å². The van der Waals surface area contributed by atoms with Gasteiger partial charge in [-0.25, -0.2) is 0 Å². The zero-order chi connectivity index (χ0) is 11.4. The quantitative estimate of drug-likeness (QED) is 0.794. The lowest BCUT2D eigenvalue weighted by molar-refractivity contribution is -0.119. The number of carbonyl (C=O) groups is 1. The number of ketones is 1. The van der Waals surface area contributed by atoms with Gasteiger partial charge in [0.25, 0.3) is 0 Å². The Balaban J connectivity index is 1.71. The average molecular weight is 217 g/mol. The molecule has 1 fully saturated rings. The van der Waals surface area contributed by atoms with Gasteiger partial charge in [-0.15, -0.1) is 0 Å². The summed E-state index contributed by atoms with van der Waals surface area (Å²) in [5.74, 6) is 0.934. The summed E-state index contributed by atoms with van der Waals surface area (Å²) in [6.07, 6.45) is 4.47. The lowest BCUT2D eigenvalue weighted by Gasteiger charge is -2.08. The predicted molar refractivity (Wildman–Crippen MR) is 65.1 cm³/mol. The van der Waals surface area contributed by atoms with Crippen molar-refractivity contribution < 1.29 is 4.79 Å². The van der Waals surface area contributed by atoms with Crippen LogP contribution in [-0.2, 0) is 11.2 Å². The summed E-state index contributed by atoms with van der Waals surface area (Å²) in [6, 6.07) is 10.3. The van der Waals surface area contributed by atoms with Crippen molar-refractivity contribution in [3.63, 3.8) is 0 Å². The van der Waals surface area contributed by atoms with Crippen LogP contribution >= 0.6 is 0 Å². The first-order chi connectivity index (χ1) is 7.75. The van der Waals surface area contributed by atoms with Crippen LogP contribution in [0.5, 0.6) is 0 Å². The smallest absolute Gasteiger partial charge is 0.134 e. The standard InChI is InChI=1S/C14H19NO/c15-14(12-7-8-12)10-13(16)9-6-11-4-2-1-3-5-11/h1-5,12,14H,6-10,15H2. The number of hydrogen-bond acceptors (Lipinski definition) is 2. The molecule has 2 nitrogen and oxygen atoms in total. The summed E-state index contributed by atoms with van der Waals surface area (Å²) in [6.45, 7) is 0. The van der Waals surface area contributed by atoms with E-state index >= 15 is 0 Å². The Morgan fingerprint density at radius 1 is 1.31 bits per heavy atom. The van der Waals surface area contributed by atoms with E-state index in [2.05, 4.69) is 12.1 Å². The number of aryl methyl sites for hydroxylation is 1. The van der Waals surface area contributed by atoms with Crippen molar-refractivity contribution in [2.24, 2.45) is 11.7 Å². The number of nitrogens with two attached hydrogens (primary N) is 1.